The minimum Gasteiger partial charge on any atom is -0.381 e. The molecule has 172 valence electrons. The number of pyridine rings is 2. The van der Waals surface area contributed by atoms with Crippen molar-refractivity contribution in [2.75, 3.05) is 13.2 Å². The molecule has 1 fully saturated rings. The molecule has 33 heavy (non-hydrogen) atoms. The molecule has 1 aliphatic rings. The normalized spacial score (nSPS) is 12.9. The first-order valence-corrected chi connectivity index (χ1v) is 11.3. The van der Waals surface area contributed by atoms with Gasteiger partial charge in [-0.25, -0.2) is 14.4 Å². The lowest BCUT2D eigenvalue weighted by atomic mass is 10.1. The predicted octanol–water partition coefficient (Wildman–Crippen LogP) is 6.68. The first-order chi connectivity index (χ1) is 16.0. The van der Waals surface area contributed by atoms with Crippen LogP contribution in [-0.4, -0.2) is 33.1 Å². The molecule has 0 bridgehead atoms. The van der Waals surface area contributed by atoms with Crippen LogP contribution in [0.15, 0.2) is 54.9 Å². The molecule has 4 heterocycles. The van der Waals surface area contributed by atoms with Gasteiger partial charge in [-0.3, -0.25) is 9.97 Å². The van der Waals surface area contributed by atoms with Crippen LogP contribution in [0, 0.1) is 26.6 Å². The Bertz CT molecular complexity index is 1170. The van der Waals surface area contributed by atoms with E-state index in [4.69, 9.17) is 16.3 Å². The molecular weight excluding hydrogens is 439 g/mol. The fraction of sp³-hybridized carbons (Fsp3) is 0.308. The summed E-state index contributed by atoms with van der Waals surface area (Å²) in [6, 6.07) is 12.1. The molecule has 0 saturated carbocycles. The van der Waals surface area contributed by atoms with E-state index in [1.807, 2.05) is 39.0 Å². The number of aryl methyl sites for hydroxylation is 3. The molecule has 0 aliphatic carbocycles. The third kappa shape index (κ3) is 7.27. The van der Waals surface area contributed by atoms with Crippen molar-refractivity contribution in [3.05, 3.63) is 82.8 Å². The van der Waals surface area contributed by atoms with Gasteiger partial charge in [0, 0.05) is 41.9 Å². The number of hydrogen-bond acceptors (Lipinski definition) is 5. The van der Waals surface area contributed by atoms with E-state index in [0.29, 0.717) is 27.3 Å². The molecule has 0 spiro atoms. The highest BCUT2D eigenvalue weighted by molar-refractivity contribution is 6.30. The number of aromatic nitrogens is 4. The second-order valence-electron chi connectivity index (χ2n) is 7.69. The van der Waals surface area contributed by atoms with Gasteiger partial charge in [0.05, 0.1) is 16.9 Å². The van der Waals surface area contributed by atoms with Gasteiger partial charge in [0.15, 0.2) is 0 Å². The third-order valence-electron chi connectivity index (χ3n) is 5.07. The molecule has 4 aromatic rings. The molecule has 7 heteroatoms. The summed E-state index contributed by atoms with van der Waals surface area (Å²) in [6.07, 6.45) is 7.32. The standard InChI is InChI=1S/C15H11ClFN3.C6H7N.C5H10O/c1-8-9(2)20-15-13(19-8)5-6-18-14(15)11-4-3-10(16)7-12(11)17;1-6-4-2-3-5-7-6;1-2-4-6-5-3-1/h3-7H,1-2H3;2-5H,1H3;1-5H2. The van der Waals surface area contributed by atoms with Gasteiger partial charge in [-0.15, -0.1) is 0 Å². The zero-order chi connectivity index (χ0) is 23.6. The minimum atomic E-state index is -0.419. The minimum absolute atomic E-state index is 0.351. The average Bonchev–Trinajstić information content (AvgIpc) is 2.82. The SMILES string of the molecule is C1CCOCC1.Cc1ccccn1.Cc1nc2ccnc(-c3ccc(Cl)cc3F)c2nc1C. The van der Waals surface area contributed by atoms with Crippen molar-refractivity contribution in [2.24, 2.45) is 0 Å². The fourth-order valence-corrected chi connectivity index (χ4v) is 3.33. The largest absolute Gasteiger partial charge is 0.381 e. The van der Waals surface area contributed by atoms with Crippen LogP contribution in [0.3, 0.4) is 0 Å². The lowest BCUT2D eigenvalue weighted by Crippen LogP contribution is -2.03. The molecule has 5 rings (SSSR count). The molecule has 1 aliphatic heterocycles. The van der Waals surface area contributed by atoms with Crippen LogP contribution in [0.2, 0.25) is 5.02 Å². The second kappa shape index (κ2) is 12.3. The Balaban J connectivity index is 0.000000191. The number of fused-ring (bicyclic) bond motifs is 1. The van der Waals surface area contributed by atoms with Crippen molar-refractivity contribution in [3.63, 3.8) is 0 Å². The van der Waals surface area contributed by atoms with Crippen LogP contribution < -0.4 is 0 Å². The summed E-state index contributed by atoms with van der Waals surface area (Å²) in [6.45, 7) is 7.74. The quantitative estimate of drug-likeness (QED) is 0.313. The lowest BCUT2D eigenvalue weighted by molar-refractivity contribution is 0.0968. The van der Waals surface area contributed by atoms with Crippen molar-refractivity contribution in [3.8, 4) is 11.3 Å². The van der Waals surface area contributed by atoms with Gasteiger partial charge in [0.1, 0.15) is 17.0 Å². The van der Waals surface area contributed by atoms with E-state index in [-0.39, 0.29) is 0 Å². The van der Waals surface area contributed by atoms with Crippen LogP contribution in [0.4, 0.5) is 4.39 Å². The first kappa shape index (κ1) is 24.7. The summed E-state index contributed by atoms with van der Waals surface area (Å²) < 4.78 is 19.1. The Morgan fingerprint density at radius 1 is 0.848 bits per heavy atom. The van der Waals surface area contributed by atoms with Crippen molar-refractivity contribution < 1.29 is 9.13 Å². The maximum Gasteiger partial charge on any atom is 0.134 e. The third-order valence-corrected chi connectivity index (χ3v) is 5.31. The van der Waals surface area contributed by atoms with Crippen molar-refractivity contribution in [2.45, 2.75) is 40.0 Å². The highest BCUT2D eigenvalue weighted by Crippen LogP contribution is 2.28. The highest BCUT2D eigenvalue weighted by Gasteiger charge is 2.13. The topological polar surface area (TPSA) is 60.8 Å². The molecule has 0 radical (unpaired) electrons. The Hall–Kier alpha value is -2.96. The first-order valence-electron chi connectivity index (χ1n) is 11.0. The van der Waals surface area contributed by atoms with Gasteiger partial charge in [-0.2, -0.15) is 0 Å². The second-order valence-corrected chi connectivity index (χ2v) is 8.13. The molecule has 0 atom stereocenters. The maximum atomic E-state index is 14.1. The monoisotopic (exact) mass is 466 g/mol. The van der Waals surface area contributed by atoms with Gasteiger partial charge < -0.3 is 4.74 Å². The van der Waals surface area contributed by atoms with Crippen LogP contribution in [0.1, 0.15) is 36.3 Å². The van der Waals surface area contributed by atoms with Gasteiger partial charge in [0.25, 0.3) is 0 Å². The van der Waals surface area contributed by atoms with Crippen molar-refractivity contribution in [1.82, 2.24) is 19.9 Å². The van der Waals surface area contributed by atoms with Crippen LogP contribution in [0.25, 0.3) is 22.3 Å². The molecule has 0 amide bonds. The number of halogens is 2. The van der Waals surface area contributed by atoms with Crippen molar-refractivity contribution >= 4 is 22.6 Å². The van der Waals surface area contributed by atoms with E-state index in [1.165, 1.54) is 25.3 Å². The zero-order valence-electron chi connectivity index (χ0n) is 19.2. The number of benzene rings is 1. The summed E-state index contributed by atoms with van der Waals surface area (Å²) in [4.78, 5) is 17.2. The summed E-state index contributed by atoms with van der Waals surface area (Å²) in [5.41, 5.74) is 4.88. The molecule has 0 unspecified atom stereocenters. The van der Waals surface area contributed by atoms with Crippen LogP contribution in [0.5, 0.6) is 0 Å². The van der Waals surface area contributed by atoms with E-state index < -0.39 is 5.82 Å². The summed E-state index contributed by atoms with van der Waals surface area (Å²) in [7, 11) is 0. The maximum absolute atomic E-state index is 14.1. The molecule has 5 nitrogen and oxygen atoms in total. The highest BCUT2D eigenvalue weighted by atomic mass is 35.5. The van der Waals surface area contributed by atoms with E-state index in [0.717, 1.165) is 30.3 Å². The van der Waals surface area contributed by atoms with Gasteiger partial charge >= 0.3 is 0 Å². The summed E-state index contributed by atoms with van der Waals surface area (Å²) >= 11 is 5.78. The Morgan fingerprint density at radius 3 is 2.15 bits per heavy atom. The molecule has 0 N–H and O–H groups in total. The van der Waals surface area contributed by atoms with Crippen LogP contribution >= 0.6 is 11.6 Å². The summed E-state index contributed by atoms with van der Waals surface area (Å²) in [5, 5.41) is 0.351. The Morgan fingerprint density at radius 2 is 1.61 bits per heavy atom. The average molecular weight is 467 g/mol. The van der Waals surface area contributed by atoms with E-state index >= 15 is 0 Å². The predicted molar refractivity (Wildman–Crippen MR) is 131 cm³/mol. The Kier molecular flexibility index (Phi) is 9.22. The van der Waals surface area contributed by atoms with E-state index in [9.17, 15) is 4.39 Å². The fourth-order valence-electron chi connectivity index (χ4n) is 3.17. The Labute approximate surface area is 199 Å². The number of nitrogens with zero attached hydrogens (tertiary/aromatic N) is 4. The summed E-state index contributed by atoms with van der Waals surface area (Å²) in [5.74, 6) is -0.419. The van der Waals surface area contributed by atoms with Gasteiger partial charge in [-0.05, 0) is 76.4 Å². The number of hydrogen-bond donors (Lipinski definition) is 0. The number of rotatable bonds is 1. The van der Waals surface area contributed by atoms with Crippen LogP contribution in [-0.2, 0) is 4.74 Å². The molecular formula is C26H28ClFN4O. The molecule has 1 aromatic carbocycles. The smallest absolute Gasteiger partial charge is 0.134 e. The molecule has 1 saturated heterocycles. The van der Waals surface area contributed by atoms with Crippen molar-refractivity contribution in [1.29, 1.82) is 0 Å². The zero-order valence-corrected chi connectivity index (χ0v) is 19.9. The van der Waals surface area contributed by atoms with E-state index in [1.54, 1.807) is 30.6 Å². The van der Waals surface area contributed by atoms with Gasteiger partial charge in [-0.1, -0.05) is 17.7 Å². The molecule has 3 aromatic heterocycles. The number of ether oxygens (including phenoxy) is 1. The lowest BCUT2D eigenvalue weighted by Gasteiger charge is -2.08. The van der Waals surface area contributed by atoms with E-state index in [2.05, 4.69) is 19.9 Å². The van der Waals surface area contributed by atoms with Gasteiger partial charge in [0.2, 0.25) is 0 Å².